The van der Waals surface area contributed by atoms with Crippen LogP contribution in [0.3, 0.4) is 0 Å². The summed E-state index contributed by atoms with van der Waals surface area (Å²) in [7, 11) is 3.30. The van der Waals surface area contributed by atoms with Gasteiger partial charge in [-0.2, -0.15) is 0 Å². The standard InChI is InChI=1S/C11H13NO2S/c1-7-8-4-9(13-2)10(14-3)5-11(8)15-6-12-7/h4-5H,6H2,1-3H3. The smallest absolute Gasteiger partial charge is 0.161 e. The first-order chi connectivity index (χ1) is 7.26. The van der Waals surface area contributed by atoms with Gasteiger partial charge in [0.05, 0.1) is 20.1 Å². The third-order valence-corrected chi connectivity index (χ3v) is 3.30. The number of hydrogen-bond acceptors (Lipinski definition) is 4. The highest BCUT2D eigenvalue weighted by molar-refractivity contribution is 7.99. The molecule has 0 unspecified atom stereocenters. The Labute approximate surface area is 93.5 Å². The Morgan fingerprint density at radius 1 is 1.20 bits per heavy atom. The third kappa shape index (κ3) is 1.81. The van der Waals surface area contributed by atoms with E-state index in [2.05, 4.69) is 4.99 Å². The normalized spacial score (nSPS) is 14.2. The van der Waals surface area contributed by atoms with E-state index in [0.717, 1.165) is 28.7 Å². The molecular formula is C11H13NO2S. The van der Waals surface area contributed by atoms with Crippen molar-refractivity contribution >= 4 is 17.5 Å². The summed E-state index contributed by atoms with van der Waals surface area (Å²) < 4.78 is 10.5. The predicted octanol–water partition coefficient (Wildman–Crippen LogP) is 2.58. The molecular weight excluding hydrogens is 210 g/mol. The molecule has 1 aromatic carbocycles. The van der Waals surface area contributed by atoms with Gasteiger partial charge in [-0.15, -0.1) is 11.8 Å². The zero-order valence-corrected chi connectivity index (χ0v) is 9.85. The molecule has 0 bridgehead atoms. The van der Waals surface area contributed by atoms with Crippen LogP contribution in [0.4, 0.5) is 0 Å². The van der Waals surface area contributed by atoms with Gasteiger partial charge < -0.3 is 9.47 Å². The lowest BCUT2D eigenvalue weighted by molar-refractivity contribution is 0.354. The van der Waals surface area contributed by atoms with Crippen LogP contribution in [-0.4, -0.2) is 25.8 Å². The maximum absolute atomic E-state index is 5.26. The molecule has 1 aromatic rings. The number of thioether (sulfide) groups is 1. The van der Waals surface area contributed by atoms with E-state index in [1.165, 1.54) is 4.90 Å². The number of benzene rings is 1. The summed E-state index contributed by atoms with van der Waals surface area (Å²) in [6, 6.07) is 4.00. The van der Waals surface area contributed by atoms with Crippen molar-refractivity contribution < 1.29 is 9.47 Å². The van der Waals surface area contributed by atoms with Crippen molar-refractivity contribution in [1.29, 1.82) is 0 Å². The van der Waals surface area contributed by atoms with Gasteiger partial charge >= 0.3 is 0 Å². The fourth-order valence-corrected chi connectivity index (χ4v) is 2.50. The summed E-state index contributed by atoms with van der Waals surface area (Å²) >= 11 is 1.72. The fraction of sp³-hybridized carbons (Fsp3) is 0.364. The average Bonchev–Trinajstić information content (AvgIpc) is 2.28. The molecule has 80 valence electrons. The van der Waals surface area contributed by atoms with Crippen LogP contribution in [-0.2, 0) is 0 Å². The Morgan fingerprint density at radius 3 is 2.53 bits per heavy atom. The minimum Gasteiger partial charge on any atom is -0.493 e. The van der Waals surface area contributed by atoms with Crippen LogP contribution >= 0.6 is 11.8 Å². The van der Waals surface area contributed by atoms with Crippen molar-refractivity contribution in [3.05, 3.63) is 17.7 Å². The van der Waals surface area contributed by atoms with Gasteiger partial charge in [-0.25, -0.2) is 0 Å². The lowest BCUT2D eigenvalue weighted by Gasteiger charge is -2.17. The molecule has 0 aliphatic carbocycles. The second-order valence-corrected chi connectivity index (χ2v) is 4.21. The maximum atomic E-state index is 5.26. The van der Waals surface area contributed by atoms with Crippen LogP contribution in [0, 0.1) is 0 Å². The number of nitrogens with zero attached hydrogens (tertiary/aromatic N) is 1. The number of fused-ring (bicyclic) bond motifs is 1. The minimum absolute atomic E-state index is 0.758. The largest absolute Gasteiger partial charge is 0.493 e. The van der Waals surface area contributed by atoms with Crippen molar-refractivity contribution in [2.45, 2.75) is 11.8 Å². The van der Waals surface area contributed by atoms with Crippen molar-refractivity contribution in [2.24, 2.45) is 4.99 Å². The number of methoxy groups -OCH3 is 2. The van der Waals surface area contributed by atoms with Crippen molar-refractivity contribution in [2.75, 3.05) is 20.1 Å². The van der Waals surface area contributed by atoms with Crippen LogP contribution in [0.1, 0.15) is 12.5 Å². The Balaban J connectivity index is 2.55. The van der Waals surface area contributed by atoms with Gasteiger partial charge in [0.15, 0.2) is 11.5 Å². The first-order valence-corrected chi connectivity index (χ1v) is 5.65. The molecule has 0 aromatic heterocycles. The van der Waals surface area contributed by atoms with Gasteiger partial charge in [0, 0.05) is 16.2 Å². The van der Waals surface area contributed by atoms with Gasteiger partial charge in [-0.1, -0.05) is 0 Å². The van der Waals surface area contributed by atoms with Crippen LogP contribution in [0.2, 0.25) is 0 Å². The van der Waals surface area contributed by atoms with E-state index in [0.29, 0.717) is 0 Å². The van der Waals surface area contributed by atoms with Gasteiger partial charge in [0.1, 0.15) is 0 Å². The molecule has 2 rings (SSSR count). The molecule has 0 saturated heterocycles. The molecule has 0 N–H and O–H groups in total. The molecule has 0 fully saturated rings. The first kappa shape index (κ1) is 10.4. The molecule has 3 nitrogen and oxygen atoms in total. The quantitative estimate of drug-likeness (QED) is 0.772. The molecule has 15 heavy (non-hydrogen) atoms. The number of aliphatic imine (C=N–C) groups is 1. The molecule has 0 saturated carbocycles. The Morgan fingerprint density at radius 2 is 1.87 bits per heavy atom. The molecule has 0 spiro atoms. The third-order valence-electron chi connectivity index (χ3n) is 2.40. The molecule has 1 aliphatic heterocycles. The molecule has 1 heterocycles. The Bertz CT molecular complexity index is 415. The Hall–Kier alpha value is -1.16. The van der Waals surface area contributed by atoms with Gasteiger partial charge in [0.25, 0.3) is 0 Å². The summed E-state index contributed by atoms with van der Waals surface area (Å²) in [4.78, 5) is 5.59. The highest BCUT2D eigenvalue weighted by atomic mass is 32.2. The summed E-state index contributed by atoms with van der Waals surface area (Å²) in [6.07, 6.45) is 0. The topological polar surface area (TPSA) is 30.8 Å². The van der Waals surface area contributed by atoms with Gasteiger partial charge in [-0.3, -0.25) is 4.99 Å². The highest BCUT2D eigenvalue weighted by Crippen LogP contribution is 2.37. The zero-order chi connectivity index (χ0) is 10.8. The SMILES string of the molecule is COc1cc2c(cc1OC)C(C)=NCS2. The van der Waals surface area contributed by atoms with Gasteiger partial charge in [-0.05, 0) is 19.1 Å². The van der Waals surface area contributed by atoms with E-state index in [1.54, 1.807) is 26.0 Å². The molecule has 0 radical (unpaired) electrons. The maximum Gasteiger partial charge on any atom is 0.161 e. The predicted molar refractivity (Wildman–Crippen MR) is 62.5 cm³/mol. The lowest BCUT2D eigenvalue weighted by Crippen LogP contribution is -2.04. The Kier molecular flexibility index (Phi) is 2.86. The van der Waals surface area contributed by atoms with E-state index < -0.39 is 0 Å². The van der Waals surface area contributed by atoms with E-state index in [-0.39, 0.29) is 0 Å². The van der Waals surface area contributed by atoms with Crippen molar-refractivity contribution in [3.63, 3.8) is 0 Å². The van der Waals surface area contributed by atoms with Crippen LogP contribution in [0.25, 0.3) is 0 Å². The van der Waals surface area contributed by atoms with E-state index in [9.17, 15) is 0 Å². The zero-order valence-electron chi connectivity index (χ0n) is 9.03. The second-order valence-electron chi connectivity index (χ2n) is 3.22. The van der Waals surface area contributed by atoms with E-state index >= 15 is 0 Å². The summed E-state index contributed by atoms with van der Waals surface area (Å²) in [5.41, 5.74) is 2.20. The second kappa shape index (κ2) is 4.14. The number of rotatable bonds is 2. The molecule has 0 atom stereocenters. The van der Waals surface area contributed by atoms with Crippen molar-refractivity contribution in [3.8, 4) is 11.5 Å². The van der Waals surface area contributed by atoms with Crippen molar-refractivity contribution in [1.82, 2.24) is 0 Å². The van der Waals surface area contributed by atoms with E-state index in [4.69, 9.17) is 9.47 Å². The highest BCUT2D eigenvalue weighted by Gasteiger charge is 2.15. The van der Waals surface area contributed by atoms with Crippen LogP contribution in [0.5, 0.6) is 11.5 Å². The molecule has 0 amide bonds. The summed E-state index contributed by atoms with van der Waals surface area (Å²) in [5, 5.41) is 0. The van der Waals surface area contributed by atoms with Gasteiger partial charge in [0.2, 0.25) is 0 Å². The van der Waals surface area contributed by atoms with Crippen LogP contribution in [0.15, 0.2) is 22.0 Å². The number of ether oxygens (including phenoxy) is 2. The monoisotopic (exact) mass is 223 g/mol. The minimum atomic E-state index is 0.758. The fourth-order valence-electron chi connectivity index (χ4n) is 1.55. The van der Waals surface area contributed by atoms with Crippen LogP contribution < -0.4 is 9.47 Å². The number of hydrogen-bond donors (Lipinski definition) is 0. The molecule has 4 heteroatoms. The average molecular weight is 223 g/mol. The first-order valence-electron chi connectivity index (χ1n) is 4.66. The summed E-state index contributed by atoms with van der Waals surface area (Å²) in [6.45, 7) is 2.02. The lowest BCUT2D eigenvalue weighted by atomic mass is 10.1. The van der Waals surface area contributed by atoms with E-state index in [1.807, 2.05) is 19.1 Å². The summed E-state index contributed by atoms with van der Waals surface area (Å²) in [5.74, 6) is 2.32. The molecule has 1 aliphatic rings.